The molecule has 0 bridgehead atoms. The third-order valence-electron chi connectivity index (χ3n) is 4.16. The van der Waals surface area contributed by atoms with Crippen LogP contribution in [-0.2, 0) is 5.75 Å². The van der Waals surface area contributed by atoms with Gasteiger partial charge in [-0.1, -0.05) is 54.2 Å². The molecule has 4 nitrogen and oxygen atoms in total. The number of aromatic nitrogens is 4. The van der Waals surface area contributed by atoms with E-state index in [0.717, 1.165) is 39.0 Å². The zero-order valence-electron chi connectivity index (χ0n) is 14.2. The van der Waals surface area contributed by atoms with Crippen molar-refractivity contribution in [3.8, 4) is 5.69 Å². The Hall–Kier alpha value is -2.66. The molecule has 4 rings (SSSR count). The molecule has 5 heteroatoms. The van der Waals surface area contributed by atoms with Crippen LogP contribution in [0.4, 0.5) is 0 Å². The van der Waals surface area contributed by atoms with E-state index in [9.17, 15) is 0 Å². The highest BCUT2D eigenvalue weighted by Gasteiger charge is 2.13. The average Bonchev–Trinajstić information content (AvgIpc) is 3.01. The molecule has 2 aromatic heterocycles. The first kappa shape index (κ1) is 15.8. The van der Waals surface area contributed by atoms with Crippen LogP contribution in [0.15, 0.2) is 65.8 Å². The van der Waals surface area contributed by atoms with Gasteiger partial charge in [-0.2, -0.15) is 0 Å². The van der Waals surface area contributed by atoms with Gasteiger partial charge in [-0.3, -0.25) is 9.55 Å². The van der Waals surface area contributed by atoms with Crippen molar-refractivity contribution in [2.45, 2.75) is 24.8 Å². The lowest BCUT2D eigenvalue weighted by Crippen LogP contribution is -2.01. The van der Waals surface area contributed by atoms with Crippen molar-refractivity contribution in [3.63, 3.8) is 0 Å². The molecular formula is C20H18N4S. The van der Waals surface area contributed by atoms with Crippen LogP contribution in [0.3, 0.4) is 0 Å². The van der Waals surface area contributed by atoms with Gasteiger partial charge in [0.05, 0.1) is 16.9 Å². The predicted octanol–water partition coefficient (Wildman–Crippen LogP) is 4.72. The molecule has 25 heavy (non-hydrogen) atoms. The first-order valence-electron chi connectivity index (χ1n) is 8.18. The Bertz CT molecular complexity index is 1040. The average molecular weight is 346 g/mol. The summed E-state index contributed by atoms with van der Waals surface area (Å²) in [6.45, 7) is 4.09. The molecule has 0 atom stereocenters. The van der Waals surface area contributed by atoms with Crippen LogP contribution in [0, 0.1) is 13.8 Å². The minimum Gasteiger partial charge on any atom is -0.274 e. The second kappa shape index (κ2) is 6.69. The van der Waals surface area contributed by atoms with Crippen molar-refractivity contribution >= 4 is 22.7 Å². The Labute approximate surface area is 150 Å². The van der Waals surface area contributed by atoms with E-state index in [1.807, 2.05) is 37.3 Å². The summed E-state index contributed by atoms with van der Waals surface area (Å²) in [5.74, 6) is 1.65. The second-order valence-corrected chi connectivity index (χ2v) is 6.88. The summed E-state index contributed by atoms with van der Waals surface area (Å²) in [5, 5.41) is 10.7. The van der Waals surface area contributed by atoms with Crippen LogP contribution in [0.25, 0.3) is 16.6 Å². The van der Waals surface area contributed by atoms with Gasteiger partial charge in [0.1, 0.15) is 5.82 Å². The van der Waals surface area contributed by atoms with Gasteiger partial charge in [-0.25, -0.2) is 0 Å². The lowest BCUT2D eigenvalue weighted by molar-refractivity contribution is 0.861. The molecule has 0 saturated heterocycles. The van der Waals surface area contributed by atoms with Gasteiger partial charge in [-0.05, 0) is 37.6 Å². The highest BCUT2D eigenvalue weighted by Crippen LogP contribution is 2.26. The van der Waals surface area contributed by atoms with Crippen molar-refractivity contribution in [2.75, 3.05) is 0 Å². The molecule has 0 radical (unpaired) electrons. The standard InChI is InChI=1S/C20H18N4S/c1-14-7-3-6-10-19(14)24-15(2)22-23-20(24)25-13-17-12-11-16-8-4-5-9-18(16)21-17/h3-12H,13H2,1-2H3. The molecule has 0 saturated carbocycles. The molecule has 0 aliphatic heterocycles. The Morgan fingerprint density at radius 2 is 1.68 bits per heavy atom. The molecule has 0 fully saturated rings. The molecule has 0 aliphatic rings. The van der Waals surface area contributed by atoms with Crippen molar-refractivity contribution in [1.82, 2.24) is 19.7 Å². The fourth-order valence-electron chi connectivity index (χ4n) is 2.86. The molecule has 0 spiro atoms. The molecule has 4 aromatic rings. The van der Waals surface area contributed by atoms with Crippen molar-refractivity contribution < 1.29 is 0 Å². The molecule has 0 amide bonds. The highest BCUT2D eigenvalue weighted by molar-refractivity contribution is 7.98. The number of pyridine rings is 1. The first-order chi connectivity index (χ1) is 12.2. The lowest BCUT2D eigenvalue weighted by atomic mass is 10.2. The molecule has 2 heterocycles. The third kappa shape index (κ3) is 3.15. The normalized spacial score (nSPS) is 11.1. The van der Waals surface area contributed by atoms with Gasteiger partial charge < -0.3 is 0 Å². The number of benzene rings is 2. The number of para-hydroxylation sites is 2. The summed E-state index contributed by atoms with van der Waals surface area (Å²) in [6, 6.07) is 20.7. The number of hydrogen-bond donors (Lipinski definition) is 0. The van der Waals surface area contributed by atoms with Gasteiger partial charge >= 0.3 is 0 Å². The van der Waals surface area contributed by atoms with Gasteiger partial charge in [0.15, 0.2) is 5.16 Å². The van der Waals surface area contributed by atoms with E-state index in [1.165, 1.54) is 5.56 Å². The van der Waals surface area contributed by atoms with Crippen LogP contribution in [-0.4, -0.2) is 19.7 Å². The largest absolute Gasteiger partial charge is 0.274 e. The van der Waals surface area contributed by atoms with E-state index in [0.29, 0.717) is 0 Å². The molecule has 0 aliphatic carbocycles. The van der Waals surface area contributed by atoms with E-state index in [2.05, 4.69) is 52.0 Å². The highest BCUT2D eigenvalue weighted by atomic mass is 32.2. The maximum Gasteiger partial charge on any atom is 0.196 e. The maximum absolute atomic E-state index is 4.74. The summed E-state index contributed by atoms with van der Waals surface area (Å²) in [6.07, 6.45) is 0. The maximum atomic E-state index is 4.74. The molecule has 2 aromatic carbocycles. The fourth-order valence-corrected chi connectivity index (χ4v) is 3.75. The van der Waals surface area contributed by atoms with Gasteiger partial charge in [0, 0.05) is 11.1 Å². The quantitative estimate of drug-likeness (QED) is 0.501. The molecule has 0 N–H and O–H groups in total. The SMILES string of the molecule is Cc1ccccc1-n1c(C)nnc1SCc1ccc2ccccc2n1. The number of rotatable bonds is 4. The van der Waals surface area contributed by atoms with Gasteiger partial charge in [0.2, 0.25) is 0 Å². The van der Waals surface area contributed by atoms with Crippen LogP contribution >= 0.6 is 11.8 Å². The first-order valence-corrected chi connectivity index (χ1v) is 9.16. The Morgan fingerprint density at radius 3 is 2.56 bits per heavy atom. The van der Waals surface area contributed by atoms with Gasteiger partial charge in [0.25, 0.3) is 0 Å². The number of nitrogens with zero attached hydrogens (tertiary/aromatic N) is 4. The topological polar surface area (TPSA) is 43.6 Å². The van der Waals surface area contributed by atoms with Crippen molar-refractivity contribution in [1.29, 1.82) is 0 Å². The van der Waals surface area contributed by atoms with Crippen molar-refractivity contribution in [2.24, 2.45) is 0 Å². The smallest absolute Gasteiger partial charge is 0.196 e. The summed E-state index contributed by atoms with van der Waals surface area (Å²) >= 11 is 1.66. The van der Waals surface area contributed by atoms with Crippen LogP contribution in [0.5, 0.6) is 0 Å². The number of fused-ring (bicyclic) bond motifs is 1. The van der Waals surface area contributed by atoms with Crippen molar-refractivity contribution in [3.05, 3.63) is 77.7 Å². The fraction of sp³-hybridized carbons (Fsp3) is 0.150. The lowest BCUT2D eigenvalue weighted by Gasteiger charge is -2.11. The molecular weight excluding hydrogens is 328 g/mol. The summed E-state index contributed by atoms with van der Waals surface area (Å²) in [5.41, 5.74) is 4.40. The summed E-state index contributed by atoms with van der Waals surface area (Å²) in [4.78, 5) is 4.74. The number of thioether (sulfide) groups is 1. The van der Waals surface area contributed by atoms with E-state index in [1.54, 1.807) is 11.8 Å². The molecule has 0 unspecified atom stereocenters. The Balaban J connectivity index is 1.62. The van der Waals surface area contributed by atoms with E-state index >= 15 is 0 Å². The summed E-state index contributed by atoms with van der Waals surface area (Å²) in [7, 11) is 0. The zero-order valence-corrected chi connectivity index (χ0v) is 15.0. The number of hydrogen-bond acceptors (Lipinski definition) is 4. The van der Waals surface area contributed by atoms with E-state index in [-0.39, 0.29) is 0 Å². The third-order valence-corrected chi connectivity index (χ3v) is 5.12. The Kier molecular flexibility index (Phi) is 4.24. The number of aryl methyl sites for hydroxylation is 2. The van der Waals surface area contributed by atoms with Crippen LogP contribution in [0.2, 0.25) is 0 Å². The van der Waals surface area contributed by atoms with Crippen LogP contribution in [0.1, 0.15) is 17.1 Å². The minimum atomic E-state index is 0.759. The monoisotopic (exact) mass is 346 g/mol. The van der Waals surface area contributed by atoms with Crippen LogP contribution < -0.4 is 0 Å². The minimum absolute atomic E-state index is 0.759. The predicted molar refractivity (Wildman–Crippen MR) is 102 cm³/mol. The second-order valence-electron chi connectivity index (χ2n) is 5.94. The van der Waals surface area contributed by atoms with E-state index in [4.69, 9.17) is 4.98 Å². The van der Waals surface area contributed by atoms with Gasteiger partial charge in [-0.15, -0.1) is 10.2 Å². The van der Waals surface area contributed by atoms with E-state index < -0.39 is 0 Å². The summed E-state index contributed by atoms with van der Waals surface area (Å²) < 4.78 is 2.11. The zero-order chi connectivity index (χ0) is 17.2. The Morgan fingerprint density at radius 1 is 0.880 bits per heavy atom. The molecule has 124 valence electrons.